The molecule has 2 aromatic heterocycles. The third kappa shape index (κ3) is 2.75. The highest BCUT2D eigenvalue weighted by molar-refractivity contribution is 5.72. The molecule has 0 saturated heterocycles. The second kappa shape index (κ2) is 6.58. The van der Waals surface area contributed by atoms with Gasteiger partial charge in [-0.15, -0.1) is 0 Å². The van der Waals surface area contributed by atoms with E-state index in [-0.39, 0.29) is 11.6 Å². The summed E-state index contributed by atoms with van der Waals surface area (Å²) in [5.74, 6) is 0. The second-order valence-electron chi connectivity index (χ2n) is 6.08. The van der Waals surface area contributed by atoms with E-state index in [0.29, 0.717) is 23.8 Å². The van der Waals surface area contributed by atoms with Crippen LogP contribution in [0.1, 0.15) is 31.9 Å². The number of hydrogen-bond acceptors (Lipinski definition) is 4. The Kier molecular flexibility index (Phi) is 4.48. The summed E-state index contributed by atoms with van der Waals surface area (Å²) >= 11 is 0. The van der Waals surface area contributed by atoms with Gasteiger partial charge in [-0.05, 0) is 18.9 Å². The molecule has 3 rings (SSSR count). The minimum atomic E-state index is -0.406. The lowest BCUT2D eigenvalue weighted by Crippen LogP contribution is -2.37. The van der Waals surface area contributed by atoms with Crippen molar-refractivity contribution in [3.63, 3.8) is 0 Å². The smallest absolute Gasteiger partial charge is 0.332 e. The summed E-state index contributed by atoms with van der Waals surface area (Å²) in [5, 5.41) is 0. The maximum absolute atomic E-state index is 12.8. The number of rotatable bonds is 5. The molecule has 0 saturated carbocycles. The van der Waals surface area contributed by atoms with Gasteiger partial charge in [-0.25, -0.2) is 4.79 Å². The summed E-state index contributed by atoms with van der Waals surface area (Å²) < 4.78 is 10.0. The summed E-state index contributed by atoms with van der Waals surface area (Å²) in [6.45, 7) is 4.47. The zero-order valence-corrected chi connectivity index (χ0v) is 14.9. The highest BCUT2D eigenvalue weighted by Gasteiger charge is 2.24. The summed E-state index contributed by atoms with van der Waals surface area (Å²) in [7, 11) is 3.08. The number of aromatic nitrogens is 4. The van der Waals surface area contributed by atoms with Crippen LogP contribution in [-0.4, -0.2) is 25.3 Å². The Morgan fingerprint density at radius 3 is 2.44 bits per heavy atom. The predicted octanol–water partition coefficient (Wildman–Crippen LogP) is 1.83. The van der Waals surface area contributed by atoms with Crippen LogP contribution < -0.4 is 16.0 Å². The Morgan fingerprint density at radius 2 is 1.80 bits per heavy atom. The molecule has 0 spiro atoms. The highest BCUT2D eigenvalue weighted by Crippen LogP contribution is 2.27. The molecule has 132 valence electrons. The zero-order chi connectivity index (χ0) is 18.1. The first-order chi connectivity index (χ1) is 12.0. The lowest BCUT2D eigenvalue weighted by atomic mass is 10.1. The maximum Gasteiger partial charge on any atom is 0.332 e. The first-order valence-electron chi connectivity index (χ1n) is 8.33. The molecule has 0 unspecified atom stereocenters. The van der Waals surface area contributed by atoms with E-state index >= 15 is 0 Å². The molecule has 0 aliphatic carbocycles. The van der Waals surface area contributed by atoms with Crippen molar-refractivity contribution in [2.75, 3.05) is 6.61 Å². The van der Waals surface area contributed by atoms with Gasteiger partial charge < -0.3 is 4.74 Å². The van der Waals surface area contributed by atoms with Gasteiger partial charge in [0.05, 0.1) is 12.6 Å². The van der Waals surface area contributed by atoms with Crippen LogP contribution in [0.4, 0.5) is 0 Å². The molecule has 3 aromatic rings. The molecule has 0 amide bonds. The third-order valence-electron chi connectivity index (χ3n) is 4.36. The molecule has 2 heterocycles. The van der Waals surface area contributed by atoms with E-state index < -0.39 is 5.69 Å². The fraction of sp³-hybridized carbons (Fsp3) is 0.389. The Labute approximate surface area is 145 Å². The van der Waals surface area contributed by atoms with E-state index in [1.54, 1.807) is 11.6 Å². The van der Waals surface area contributed by atoms with Gasteiger partial charge in [-0.2, -0.15) is 4.98 Å². The lowest BCUT2D eigenvalue weighted by Gasteiger charge is -2.17. The van der Waals surface area contributed by atoms with Crippen LogP contribution in [0.5, 0.6) is 6.01 Å². The Hall–Kier alpha value is -2.83. The molecule has 0 bridgehead atoms. The summed E-state index contributed by atoms with van der Waals surface area (Å²) in [4.78, 5) is 29.4. The van der Waals surface area contributed by atoms with Crippen LogP contribution in [0.15, 0.2) is 39.9 Å². The summed E-state index contributed by atoms with van der Waals surface area (Å²) in [6, 6.07) is 10.0. The molecule has 25 heavy (non-hydrogen) atoms. The van der Waals surface area contributed by atoms with Gasteiger partial charge in [0, 0.05) is 14.1 Å². The van der Waals surface area contributed by atoms with Crippen molar-refractivity contribution in [3.8, 4) is 6.01 Å². The van der Waals surface area contributed by atoms with Crippen LogP contribution in [-0.2, 0) is 14.1 Å². The molecular formula is C18H22N4O3. The van der Waals surface area contributed by atoms with E-state index in [9.17, 15) is 9.59 Å². The Morgan fingerprint density at radius 1 is 1.12 bits per heavy atom. The number of aryl methyl sites for hydroxylation is 1. The van der Waals surface area contributed by atoms with Crippen LogP contribution in [0.25, 0.3) is 11.2 Å². The quantitative estimate of drug-likeness (QED) is 0.709. The molecule has 1 aromatic carbocycles. The van der Waals surface area contributed by atoms with Crippen molar-refractivity contribution >= 4 is 11.2 Å². The molecule has 7 nitrogen and oxygen atoms in total. The normalized spacial score (nSPS) is 12.5. The van der Waals surface area contributed by atoms with Gasteiger partial charge in [-0.3, -0.25) is 18.5 Å². The van der Waals surface area contributed by atoms with Crippen molar-refractivity contribution in [2.45, 2.75) is 26.3 Å². The number of benzene rings is 1. The average molecular weight is 342 g/mol. The van der Waals surface area contributed by atoms with E-state index in [1.165, 1.54) is 11.6 Å². The van der Waals surface area contributed by atoms with E-state index in [2.05, 4.69) is 4.98 Å². The van der Waals surface area contributed by atoms with Gasteiger partial charge >= 0.3 is 5.69 Å². The first-order valence-corrected chi connectivity index (χ1v) is 8.33. The number of ether oxygens (including phenoxy) is 1. The highest BCUT2D eigenvalue weighted by atomic mass is 16.5. The lowest BCUT2D eigenvalue weighted by molar-refractivity contribution is 0.276. The van der Waals surface area contributed by atoms with Crippen molar-refractivity contribution in [1.82, 2.24) is 18.7 Å². The van der Waals surface area contributed by atoms with E-state index in [1.807, 2.05) is 44.2 Å². The Bertz CT molecular complexity index is 1010. The molecular weight excluding hydrogens is 320 g/mol. The number of nitrogens with zero attached hydrogens (tertiary/aromatic N) is 4. The van der Waals surface area contributed by atoms with Crippen LogP contribution >= 0.6 is 0 Å². The first kappa shape index (κ1) is 17.0. The fourth-order valence-electron chi connectivity index (χ4n) is 2.93. The van der Waals surface area contributed by atoms with Gasteiger partial charge in [0.25, 0.3) is 11.6 Å². The topological polar surface area (TPSA) is 71.1 Å². The van der Waals surface area contributed by atoms with Crippen LogP contribution in [0.3, 0.4) is 0 Å². The third-order valence-corrected chi connectivity index (χ3v) is 4.36. The molecule has 0 N–H and O–H groups in total. The molecule has 0 aliphatic heterocycles. The second-order valence-corrected chi connectivity index (χ2v) is 6.08. The minimum Gasteiger partial charge on any atom is -0.465 e. The molecule has 0 fully saturated rings. The predicted molar refractivity (Wildman–Crippen MR) is 96.3 cm³/mol. The minimum absolute atomic E-state index is 0.164. The summed E-state index contributed by atoms with van der Waals surface area (Å²) in [5.41, 5.74) is 0.949. The van der Waals surface area contributed by atoms with Crippen molar-refractivity contribution in [1.29, 1.82) is 0 Å². The Balaban J connectivity index is 2.34. The molecule has 0 radical (unpaired) electrons. The van der Waals surface area contributed by atoms with Crippen molar-refractivity contribution in [2.24, 2.45) is 14.1 Å². The SMILES string of the molecule is CCCOc1nc2c(c(=O)n(C)c(=O)n2C)n1[C@H](C)c1ccccc1. The molecule has 0 aliphatic rings. The molecule has 7 heteroatoms. The molecule has 1 atom stereocenters. The van der Waals surface area contributed by atoms with E-state index in [4.69, 9.17) is 4.74 Å². The summed E-state index contributed by atoms with van der Waals surface area (Å²) in [6.07, 6.45) is 0.819. The van der Waals surface area contributed by atoms with Crippen LogP contribution in [0.2, 0.25) is 0 Å². The van der Waals surface area contributed by atoms with Crippen LogP contribution in [0, 0.1) is 0 Å². The number of fused-ring (bicyclic) bond motifs is 1. The largest absolute Gasteiger partial charge is 0.465 e. The van der Waals surface area contributed by atoms with Crippen molar-refractivity contribution < 1.29 is 4.74 Å². The zero-order valence-electron chi connectivity index (χ0n) is 14.9. The van der Waals surface area contributed by atoms with Gasteiger partial charge in [0.2, 0.25) is 0 Å². The number of hydrogen-bond donors (Lipinski definition) is 0. The number of imidazole rings is 1. The monoisotopic (exact) mass is 342 g/mol. The maximum atomic E-state index is 12.8. The van der Waals surface area contributed by atoms with Gasteiger partial charge in [0.15, 0.2) is 11.2 Å². The van der Waals surface area contributed by atoms with E-state index in [0.717, 1.165) is 16.6 Å². The fourth-order valence-corrected chi connectivity index (χ4v) is 2.93. The van der Waals surface area contributed by atoms with Gasteiger partial charge in [0.1, 0.15) is 0 Å². The van der Waals surface area contributed by atoms with Crippen molar-refractivity contribution in [3.05, 3.63) is 56.7 Å². The standard InChI is InChI=1S/C18H22N4O3/c1-5-11-25-17-19-15-14(16(23)21(4)18(24)20(15)3)22(17)12(2)13-9-7-6-8-10-13/h6-10,12H,5,11H2,1-4H3/t12-/m1/s1. The average Bonchev–Trinajstić information content (AvgIpc) is 3.02. The van der Waals surface area contributed by atoms with Gasteiger partial charge in [-0.1, -0.05) is 37.3 Å².